The van der Waals surface area contributed by atoms with E-state index in [4.69, 9.17) is 0 Å². The zero-order valence-corrected chi connectivity index (χ0v) is 19.5. The summed E-state index contributed by atoms with van der Waals surface area (Å²) in [7, 11) is 0. The van der Waals surface area contributed by atoms with E-state index in [1.165, 1.54) is 11.8 Å². The maximum atomic E-state index is 12.4. The summed E-state index contributed by atoms with van der Waals surface area (Å²) in [5, 5.41) is 28.3. The van der Waals surface area contributed by atoms with E-state index in [0.29, 0.717) is 23.3 Å². The molecule has 34 heavy (non-hydrogen) atoms. The van der Waals surface area contributed by atoms with Gasteiger partial charge in [-0.25, -0.2) is 9.50 Å². The van der Waals surface area contributed by atoms with Crippen LogP contribution in [0.1, 0.15) is 18.5 Å². The Morgan fingerprint density at radius 1 is 1.29 bits per heavy atom. The Morgan fingerprint density at radius 3 is 2.91 bits per heavy atom. The number of aliphatic hydroxyl groups excluding tert-OH is 1. The normalized spacial score (nSPS) is 16.6. The van der Waals surface area contributed by atoms with Gasteiger partial charge in [-0.2, -0.15) is 5.10 Å². The first kappa shape index (κ1) is 22.4. The third-order valence-electron chi connectivity index (χ3n) is 5.52. The minimum Gasteiger partial charge on any atom is -0.392 e. The predicted octanol–water partition coefficient (Wildman–Crippen LogP) is 3.05. The Balaban J connectivity index is 1.24. The molecule has 0 bridgehead atoms. The van der Waals surface area contributed by atoms with Crippen LogP contribution in [0.15, 0.2) is 58.7 Å². The molecule has 0 radical (unpaired) electrons. The van der Waals surface area contributed by atoms with Crippen molar-refractivity contribution in [3.8, 4) is 0 Å². The Morgan fingerprint density at radius 2 is 2.15 bits per heavy atom. The second-order valence-corrected chi connectivity index (χ2v) is 9.39. The molecule has 11 heteroatoms. The van der Waals surface area contributed by atoms with E-state index in [2.05, 4.69) is 30.9 Å². The van der Waals surface area contributed by atoms with Gasteiger partial charge in [0, 0.05) is 35.1 Å². The van der Waals surface area contributed by atoms with E-state index in [0.717, 1.165) is 41.2 Å². The van der Waals surface area contributed by atoms with Gasteiger partial charge in [-0.15, -0.1) is 5.10 Å². The SMILES string of the molecule is Cc1cc(Nc2nc(Sc3ccc(NC(=O)CN4CCCC(O)C4)cc3)nn3cccc23)n[nH]1. The molecule has 1 saturated heterocycles. The number of aromatic amines is 1. The van der Waals surface area contributed by atoms with Gasteiger partial charge in [0.1, 0.15) is 5.52 Å². The van der Waals surface area contributed by atoms with Gasteiger partial charge in [0.2, 0.25) is 11.1 Å². The molecule has 4 heterocycles. The zero-order valence-electron chi connectivity index (χ0n) is 18.7. The second-order valence-electron chi connectivity index (χ2n) is 8.35. The largest absolute Gasteiger partial charge is 0.392 e. The molecule has 0 aliphatic carbocycles. The average molecular weight is 479 g/mol. The summed E-state index contributed by atoms with van der Waals surface area (Å²) in [6.45, 7) is 3.60. The van der Waals surface area contributed by atoms with E-state index >= 15 is 0 Å². The summed E-state index contributed by atoms with van der Waals surface area (Å²) in [5.74, 6) is 1.27. The van der Waals surface area contributed by atoms with Crippen molar-refractivity contribution in [1.82, 2.24) is 29.7 Å². The van der Waals surface area contributed by atoms with Crippen molar-refractivity contribution in [2.75, 3.05) is 30.3 Å². The van der Waals surface area contributed by atoms with Crippen molar-refractivity contribution in [3.63, 3.8) is 0 Å². The molecule has 4 N–H and O–H groups in total. The number of carbonyl (C=O) groups is 1. The number of likely N-dealkylation sites (tertiary alicyclic amines) is 1. The molecule has 1 aromatic carbocycles. The van der Waals surface area contributed by atoms with E-state index in [1.807, 2.05) is 60.5 Å². The van der Waals surface area contributed by atoms with E-state index < -0.39 is 0 Å². The van der Waals surface area contributed by atoms with Gasteiger partial charge in [-0.3, -0.25) is 14.8 Å². The van der Waals surface area contributed by atoms with Crippen LogP contribution in [0.4, 0.5) is 17.3 Å². The molecule has 10 nitrogen and oxygen atoms in total. The fraction of sp³-hybridized carbons (Fsp3) is 0.304. The standard InChI is InChI=1S/C23H26N8O2S/c1-15-12-20(28-27-15)25-22-19-5-3-11-31(19)29-23(26-22)34-18-8-6-16(7-9-18)24-21(33)14-30-10-2-4-17(32)13-30/h3,5-9,11-12,17,32H,2,4,10,13-14H2,1H3,(H,24,33)(H2,25,26,27,28,29). The van der Waals surface area contributed by atoms with Gasteiger partial charge in [0.05, 0.1) is 12.6 Å². The second kappa shape index (κ2) is 9.84. The van der Waals surface area contributed by atoms with Crippen LogP contribution >= 0.6 is 11.8 Å². The van der Waals surface area contributed by atoms with Gasteiger partial charge >= 0.3 is 0 Å². The highest BCUT2D eigenvalue weighted by molar-refractivity contribution is 7.99. The lowest BCUT2D eigenvalue weighted by atomic mass is 10.1. The molecule has 3 aromatic heterocycles. The number of carbonyl (C=O) groups excluding carboxylic acids is 1. The summed E-state index contributed by atoms with van der Waals surface area (Å²) >= 11 is 1.43. The Hall–Kier alpha value is -3.41. The Kier molecular flexibility index (Phi) is 6.48. The minimum absolute atomic E-state index is 0.0831. The molecule has 0 saturated carbocycles. The summed E-state index contributed by atoms with van der Waals surface area (Å²) in [6, 6.07) is 13.4. The number of rotatable bonds is 7. The number of H-pyrrole nitrogens is 1. The Labute approximate surface area is 200 Å². The van der Waals surface area contributed by atoms with Crippen molar-refractivity contribution in [2.24, 2.45) is 0 Å². The number of aryl methyl sites for hydroxylation is 1. The summed E-state index contributed by atoms with van der Waals surface area (Å²) in [6.07, 6.45) is 3.25. The van der Waals surface area contributed by atoms with Crippen molar-refractivity contribution >= 4 is 40.5 Å². The maximum absolute atomic E-state index is 12.4. The monoisotopic (exact) mass is 478 g/mol. The van der Waals surface area contributed by atoms with Gasteiger partial charge in [0.25, 0.3) is 0 Å². The van der Waals surface area contributed by atoms with Crippen LogP contribution in [0, 0.1) is 6.92 Å². The van der Waals surface area contributed by atoms with Gasteiger partial charge in [-0.1, -0.05) is 0 Å². The minimum atomic E-state index is -0.343. The summed E-state index contributed by atoms with van der Waals surface area (Å²) in [4.78, 5) is 20.0. The van der Waals surface area contributed by atoms with Crippen molar-refractivity contribution < 1.29 is 9.90 Å². The molecule has 1 aliphatic heterocycles. The molecule has 1 amide bonds. The van der Waals surface area contributed by atoms with Crippen LogP contribution < -0.4 is 10.6 Å². The summed E-state index contributed by atoms with van der Waals surface area (Å²) < 4.78 is 1.78. The number of β-amino-alcohol motifs (C(OH)–C–C–N with tert-alkyl or cyclic N) is 1. The number of amides is 1. The van der Waals surface area contributed by atoms with Crippen LogP contribution in [0.2, 0.25) is 0 Å². The number of anilines is 3. The number of piperidine rings is 1. The fourth-order valence-corrected chi connectivity index (χ4v) is 4.69. The Bertz CT molecular complexity index is 1290. The molecule has 1 unspecified atom stereocenters. The zero-order chi connectivity index (χ0) is 23.5. The highest BCUT2D eigenvalue weighted by Crippen LogP contribution is 2.29. The van der Waals surface area contributed by atoms with Crippen LogP contribution in [-0.2, 0) is 4.79 Å². The molecule has 1 fully saturated rings. The molecule has 4 aromatic rings. The van der Waals surface area contributed by atoms with Crippen LogP contribution in [0.25, 0.3) is 5.52 Å². The van der Waals surface area contributed by atoms with Crippen LogP contribution in [0.5, 0.6) is 0 Å². The predicted molar refractivity (Wildman–Crippen MR) is 130 cm³/mol. The average Bonchev–Trinajstić information content (AvgIpc) is 3.44. The van der Waals surface area contributed by atoms with Gasteiger partial charge in [0.15, 0.2) is 11.6 Å². The van der Waals surface area contributed by atoms with Gasteiger partial charge in [-0.05, 0) is 74.5 Å². The van der Waals surface area contributed by atoms with Crippen LogP contribution in [0.3, 0.4) is 0 Å². The molecular formula is C23H26N8O2S. The number of fused-ring (bicyclic) bond motifs is 1. The molecule has 5 rings (SSSR count). The van der Waals surface area contributed by atoms with E-state index in [9.17, 15) is 9.90 Å². The third kappa shape index (κ3) is 5.38. The molecule has 0 spiro atoms. The lowest BCUT2D eigenvalue weighted by molar-refractivity contribution is -0.118. The third-order valence-corrected chi connectivity index (χ3v) is 6.38. The maximum Gasteiger partial charge on any atom is 0.238 e. The number of aliphatic hydroxyl groups is 1. The first-order valence-electron chi connectivity index (χ1n) is 11.1. The quantitative estimate of drug-likeness (QED) is 0.320. The topological polar surface area (TPSA) is 123 Å². The molecule has 1 aliphatic rings. The smallest absolute Gasteiger partial charge is 0.238 e. The number of benzene rings is 1. The first-order chi connectivity index (χ1) is 16.5. The number of hydrogen-bond acceptors (Lipinski definition) is 8. The highest BCUT2D eigenvalue weighted by Gasteiger charge is 2.19. The van der Waals surface area contributed by atoms with E-state index in [1.54, 1.807) is 4.52 Å². The number of nitrogens with one attached hydrogen (secondary N) is 3. The fourth-order valence-electron chi connectivity index (χ4n) is 3.94. The van der Waals surface area contributed by atoms with E-state index in [-0.39, 0.29) is 18.6 Å². The lowest BCUT2D eigenvalue weighted by Gasteiger charge is -2.29. The molecular weight excluding hydrogens is 452 g/mol. The molecule has 176 valence electrons. The van der Waals surface area contributed by atoms with Crippen molar-refractivity contribution in [3.05, 3.63) is 54.4 Å². The molecule has 1 atom stereocenters. The van der Waals surface area contributed by atoms with Crippen LogP contribution in [-0.4, -0.2) is 66.4 Å². The van der Waals surface area contributed by atoms with Crippen molar-refractivity contribution in [2.45, 2.75) is 35.9 Å². The first-order valence-corrected chi connectivity index (χ1v) is 12.0. The number of aromatic nitrogens is 5. The summed E-state index contributed by atoms with van der Waals surface area (Å²) in [5.41, 5.74) is 2.53. The number of nitrogens with zero attached hydrogens (tertiary/aromatic N) is 5. The number of hydrogen-bond donors (Lipinski definition) is 4. The lowest BCUT2D eigenvalue weighted by Crippen LogP contribution is -2.42. The van der Waals surface area contributed by atoms with Gasteiger partial charge < -0.3 is 15.7 Å². The highest BCUT2D eigenvalue weighted by atomic mass is 32.2. The van der Waals surface area contributed by atoms with Crippen molar-refractivity contribution in [1.29, 1.82) is 0 Å².